The van der Waals surface area contributed by atoms with Crippen LogP contribution in [0.5, 0.6) is 11.5 Å². The Hall–Kier alpha value is -3.41. The number of aryl methyl sites for hydroxylation is 1. The first-order valence-corrected chi connectivity index (χ1v) is 12.8. The summed E-state index contributed by atoms with van der Waals surface area (Å²) in [6.07, 6.45) is 9.50. The van der Waals surface area contributed by atoms with Crippen LogP contribution in [0.3, 0.4) is 0 Å². The second kappa shape index (κ2) is 11.3. The summed E-state index contributed by atoms with van der Waals surface area (Å²) in [6, 6.07) is 3.21. The highest BCUT2D eigenvalue weighted by Crippen LogP contribution is 2.32. The summed E-state index contributed by atoms with van der Waals surface area (Å²) in [7, 11) is 1.93. The number of phenolic OH excluding ortho intramolecular Hbond substituents is 2. The van der Waals surface area contributed by atoms with Crippen LogP contribution >= 0.6 is 0 Å². The van der Waals surface area contributed by atoms with Crippen molar-refractivity contribution in [3.8, 4) is 11.5 Å². The SMILES string of the molecule is Cn1cc(CNCC2CCN(c3ncc(C(=O)NOC4CCCCO4)cn3)CC2)c2cc(O)c(O)cc21. The van der Waals surface area contributed by atoms with Gasteiger partial charge in [-0.3, -0.25) is 4.79 Å². The molecule has 2 saturated heterocycles. The molecule has 1 unspecified atom stereocenters. The molecule has 4 N–H and O–H groups in total. The topological polar surface area (TPSA) is 134 Å². The van der Waals surface area contributed by atoms with E-state index in [1.807, 2.05) is 17.8 Å². The van der Waals surface area contributed by atoms with Crippen molar-refractivity contribution in [3.05, 3.63) is 41.9 Å². The third kappa shape index (κ3) is 5.95. The zero-order valence-corrected chi connectivity index (χ0v) is 21.0. The number of aromatic hydroxyl groups is 2. The van der Waals surface area contributed by atoms with Crippen molar-refractivity contribution in [2.75, 3.05) is 31.1 Å². The van der Waals surface area contributed by atoms with Crippen LogP contribution in [-0.4, -0.2) is 63.2 Å². The summed E-state index contributed by atoms with van der Waals surface area (Å²) in [5.74, 6) is 0.557. The van der Waals surface area contributed by atoms with Crippen molar-refractivity contribution >= 4 is 22.8 Å². The minimum Gasteiger partial charge on any atom is -0.504 e. The molecule has 37 heavy (non-hydrogen) atoms. The van der Waals surface area contributed by atoms with Gasteiger partial charge >= 0.3 is 0 Å². The minimum atomic E-state index is -0.399. The number of anilines is 1. The van der Waals surface area contributed by atoms with E-state index >= 15 is 0 Å². The second-order valence-electron chi connectivity index (χ2n) is 9.80. The summed E-state index contributed by atoms with van der Waals surface area (Å²) in [5.41, 5.74) is 4.74. The lowest BCUT2D eigenvalue weighted by Crippen LogP contribution is -2.38. The number of piperidine rings is 1. The Morgan fingerprint density at radius 1 is 1.14 bits per heavy atom. The monoisotopic (exact) mass is 510 g/mol. The number of benzene rings is 1. The van der Waals surface area contributed by atoms with Crippen molar-refractivity contribution in [2.24, 2.45) is 13.0 Å². The van der Waals surface area contributed by atoms with E-state index < -0.39 is 6.29 Å². The Labute approximate surface area is 215 Å². The zero-order chi connectivity index (χ0) is 25.8. The number of hydrogen-bond donors (Lipinski definition) is 4. The number of ether oxygens (including phenoxy) is 1. The van der Waals surface area contributed by atoms with E-state index in [2.05, 4.69) is 25.7 Å². The predicted molar refractivity (Wildman–Crippen MR) is 137 cm³/mol. The first kappa shape index (κ1) is 25.2. The lowest BCUT2D eigenvalue weighted by atomic mass is 9.97. The Morgan fingerprint density at radius 2 is 1.89 bits per heavy atom. The van der Waals surface area contributed by atoms with E-state index in [-0.39, 0.29) is 17.4 Å². The second-order valence-corrected chi connectivity index (χ2v) is 9.80. The average Bonchev–Trinajstić information content (AvgIpc) is 3.22. The van der Waals surface area contributed by atoms with Crippen LogP contribution in [0.1, 0.15) is 48.0 Å². The molecule has 0 bridgehead atoms. The highest BCUT2D eigenvalue weighted by molar-refractivity contribution is 5.92. The van der Waals surface area contributed by atoms with Crippen LogP contribution in [0.15, 0.2) is 30.7 Å². The van der Waals surface area contributed by atoms with Gasteiger partial charge in [-0.2, -0.15) is 0 Å². The maximum absolute atomic E-state index is 12.3. The van der Waals surface area contributed by atoms with Gasteiger partial charge in [0.1, 0.15) is 0 Å². The Morgan fingerprint density at radius 3 is 2.62 bits per heavy atom. The lowest BCUT2D eigenvalue weighted by molar-refractivity contribution is -0.186. The third-order valence-corrected chi connectivity index (χ3v) is 7.14. The summed E-state index contributed by atoms with van der Waals surface area (Å²) in [4.78, 5) is 28.6. The molecule has 1 amide bonds. The van der Waals surface area contributed by atoms with Gasteiger partial charge in [0.15, 0.2) is 17.8 Å². The number of carbonyl (C=O) groups excluding carboxylic acids is 1. The molecule has 1 aromatic carbocycles. The summed E-state index contributed by atoms with van der Waals surface area (Å²) in [5, 5.41) is 24.2. The number of fused-ring (bicyclic) bond motifs is 1. The fraction of sp³-hybridized carbons (Fsp3) is 0.500. The summed E-state index contributed by atoms with van der Waals surface area (Å²) >= 11 is 0. The quantitative estimate of drug-likeness (QED) is 0.266. The molecule has 0 saturated carbocycles. The van der Waals surface area contributed by atoms with Gasteiger partial charge in [0.2, 0.25) is 5.95 Å². The van der Waals surface area contributed by atoms with Crippen LogP contribution in [0.4, 0.5) is 5.95 Å². The van der Waals surface area contributed by atoms with E-state index in [1.165, 1.54) is 12.4 Å². The fourth-order valence-electron chi connectivity index (χ4n) is 4.96. The molecule has 11 nitrogen and oxygen atoms in total. The van der Waals surface area contributed by atoms with Crippen molar-refractivity contribution in [1.29, 1.82) is 0 Å². The summed E-state index contributed by atoms with van der Waals surface area (Å²) < 4.78 is 7.40. The number of nitrogens with one attached hydrogen (secondary N) is 2. The van der Waals surface area contributed by atoms with Crippen LogP contribution in [0.2, 0.25) is 0 Å². The van der Waals surface area contributed by atoms with E-state index in [1.54, 1.807) is 12.1 Å². The maximum atomic E-state index is 12.3. The zero-order valence-electron chi connectivity index (χ0n) is 21.0. The molecular weight excluding hydrogens is 476 g/mol. The number of phenols is 2. The van der Waals surface area contributed by atoms with E-state index in [4.69, 9.17) is 9.57 Å². The maximum Gasteiger partial charge on any atom is 0.278 e. The molecule has 2 fully saturated rings. The van der Waals surface area contributed by atoms with Crippen molar-refractivity contribution in [3.63, 3.8) is 0 Å². The molecule has 2 aromatic heterocycles. The number of amides is 1. The predicted octanol–water partition coefficient (Wildman–Crippen LogP) is 2.57. The van der Waals surface area contributed by atoms with Gasteiger partial charge in [-0.25, -0.2) is 20.3 Å². The van der Waals surface area contributed by atoms with Crippen LogP contribution in [-0.2, 0) is 23.2 Å². The van der Waals surface area contributed by atoms with Gasteiger partial charge in [0, 0.05) is 69.8 Å². The number of nitrogens with zero attached hydrogens (tertiary/aromatic N) is 4. The van der Waals surface area contributed by atoms with Gasteiger partial charge in [-0.15, -0.1) is 0 Å². The Bertz CT molecular complexity index is 1220. The molecule has 0 spiro atoms. The van der Waals surface area contributed by atoms with Crippen molar-refractivity contribution in [2.45, 2.75) is 44.9 Å². The molecular formula is C26H34N6O5. The number of hydrogen-bond acceptors (Lipinski definition) is 9. The molecule has 0 radical (unpaired) electrons. The average molecular weight is 511 g/mol. The van der Waals surface area contributed by atoms with Gasteiger partial charge < -0.3 is 29.7 Å². The van der Waals surface area contributed by atoms with E-state index in [0.29, 0.717) is 30.6 Å². The molecule has 2 aliphatic rings. The molecule has 1 atom stereocenters. The highest BCUT2D eigenvalue weighted by Gasteiger charge is 2.22. The molecule has 5 rings (SSSR count). The lowest BCUT2D eigenvalue weighted by Gasteiger charge is -2.32. The van der Waals surface area contributed by atoms with E-state index in [9.17, 15) is 15.0 Å². The van der Waals surface area contributed by atoms with Gasteiger partial charge in [-0.05, 0) is 49.8 Å². The Kier molecular flexibility index (Phi) is 7.73. The molecule has 11 heteroatoms. The first-order chi connectivity index (χ1) is 18.0. The number of carbonyl (C=O) groups is 1. The normalized spacial score (nSPS) is 18.8. The molecule has 198 valence electrons. The molecule has 0 aliphatic carbocycles. The standard InChI is InChI=1S/C26H34N6O5/c1-31-16-19(20-10-22(33)23(34)11-21(20)31)13-27-12-17-5-7-32(8-6-17)26-28-14-18(15-29-26)25(35)30-37-24-4-2-3-9-36-24/h10-11,14-17,24,27,33-34H,2-9,12-13H2,1H3,(H,30,35). The van der Waals surface area contributed by atoms with Gasteiger partial charge in [0.05, 0.1) is 11.1 Å². The van der Waals surface area contributed by atoms with Gasteiger partial charge in [-0.1, -0.05) is 0 Å². The molecule has 3 aromatic rings. The van der Waals surface area contributed by atoms with Crippen LogP contribution in [0, 0.1) is 5.92 Å². The first-order valence-electron chi connectivity index (χ1n) is 12.8. The highest BCUT2D eigenvalue weighted by atomic mass is 16.8. The number of aromatic nitrogens is 3. The number of hydroxylamine groups is 1. The molecule has 4 heterocycles. The van der Waals surface area contributed by atoms with Gasteiger partial charge in [0.25, 0.3) is 5.91 Å². The third-order valence-electron chi connectivity index (χ3n) is 7.14. The smallest absolute Gasteiger partial charge is 0.278 e. The fourth-order valence-corrected chi connectivity index (χ4v) is 4.96. The van der Waals surface area contributed by atoms with Crippen molar-refractivity contribution < 1.29 is 24.6 Å². The van der Waals surface area contributed by atoms with Crippen LogP contribution < -0.4 is 15.7 Å². The minimum absolute atomic E-state index is 0.106. The summed E-state index contributed by atoms with van der Waals surface area (Å²) in [6.45, 7) is 3.92. The van der Waals surface area contributed by atoms with Crippen LogP contribution in [0.25, 0.3) is 10.9 Å². The Balaban J connectivity index is 1.06. The molecule has 2 aliphatic heterocycles. The van der Waals surface area contributed by atoms with Crippen molar-refractivity contribution in [1.82, 2.24) is 25.3 Å². The number of rotatable bonds is 8. The largest absolute Gasteiger partial charge is 0.504 e. The van der Waals surface area contributed by atoms with E-state index in [0.717, 1.165) is 68.2 Å².